The van der Waals surface area contributed by atoms with Gasteiger partial charge in [-0.15, -0.1) is 0 Å². The largest absolute Gasteiger partial charge is 0.480 e. The van der Waals surface area contributed by atoms with Crippen molar-refractivity contribution >= 4 is 17.7 Å². The summed E-state index contributed by atoms with van der Waals surface area (Å²) < 4.78 is 0. The molecule has 1 aliphatic heterocycles. The molecule has 1 aromatic heterocycles. The van der Waals surface area contributed by atoms with Crippen LogP contribution in [0.25, 0.3) is 0 Å². The van der Waals surface area contributed by atoms with E-state index in [0.29, 0.717) is 39.0 Å². The Morgan fingerprint density at radius 2 is 1.85 bits per heavy atom. The molecule has 20 heavy (non-hydrogen) atoms. The Bertz CT molecular complexity index is 520. The maximum atomic E-state index is 12.3. The summed E-state index contributed by atoms with van der Waals surface area (Å²) >= 11 is 0. The highest BCUT2D eigenvalue weighted by atomic mass is 16.4. The molecule has 3 rings (SSSR count). The van der Waals surface area contributed by atoms with Gasteiger partial charge < -0.3 is 14.9 Å². The lowest BCUT2D eigenvalue weighted by Gasteiger charge is -2.36. The normalized spacial score (nSPS) is 20.6. The number of rotatable bonds is 3. The van der Waals surface area contributed by atoms with E-state index >= 15 is 0 Å². The quantitative estimate of drug-likeness (QED) is 0.817. The number of nitrogens with zero attached hydrogens (tertiary/aromatic N) is 3. The predicted octanol–water partition coefficient (Wildman–Crippen LogP) is 0.595. The second kappa shape index (κ2) is 4.77. The standard InChI is InChI=1S/C14H17N3O3/c18-12(14(4-5-14)13(19)20)17-9-7-16(8-10-17)11-3-1-2-6-15-11/h1-3,6H,4-5,7-10H2,(H,19,20). The zero-order valence-corrected chi connectivity index (χ0v) is 11.2. The first-order valence-corrected chi connectivity index (χ1v) is 6.82. The lowest BCUT2D eigenvalue weighted by atomic mass is 10.1. The molecular weight excluding hydrogens is 258 g/mol. The van der Waals surface area contributed by atoms with Crippen molar-refractivity contribution in [1.29, 1.82) is 0 Å². The van der Waals surface area contributed by atoms with Crippen molar-refractivity contribution in [2.75, 3.05) is 31.1 Å². The molecular formula is C14H17N3O3. The Labute approximate surface area is 117 Å². The average Bonchev–Trinajstić information content (AvgIpc) is 3.29. The summed E-state index contributed by atoms with van der Waals surface area (Å²) in [5.41, 5.74) is -1.12. The molecule has 1 amide bonds. The van der Waals surface area contributed by atoms with Gasteiger partial charge in [0.25, 0.3) is 0 Å². The number of carboxylic acid groups (broad SMARTS) is 1. The zero-order valence-electron chi connectivity index (χ0n) is 11.2. The van der Waals surface area contributed by atoms with Gasteiger partial charge in [0, 0.05) is 32.4 Å². The maximum absolute atomic E-state index is 12.3. The molecule has 0 unspecified atom stereocenters. The maximum Gasteiger partial charge on any atom is 0.319 e. The molecule has 6 heteroatoms. The summed E-state index contributed by atoms with van der Waals surface area (Å²) in [5, 5.41) is 9.17. The Morgan fingerprint density at radius 1 is 1.15 bits per heavy atom. The molecule has 6 nitrogen and oxygen atoms in total. The van der Waals surface area contributed by atoms with E-state index < -0.39 is 11.4 Å². The molecule has 1 aliphatic carbocycles. The van der Waals surface area contributed by atoms with Crippen LogP contribution in [0.4, 0.5) is 5.82 Å². The number of pyridine rings is 1. The minimum atomic E-state index is -1.12. The van der Waals surface area contributed by atoms with Crippen LogP contribution < -0.4 is 4.90 Å². The SMILES string of the molecule is O=C(O)C1(C(=O)N2CCN(c3ccccn3)CC2)CC1. The third-order valence-corrected chi connectivity index (χ3v) is 4.11. The molecule has 0 aromatic carbocycles. The first-order chi connectivity index (χ1) is 9.63. The van der Waals surface area contributed by atoms with Crippen LogP contribution in [-0.2, 0) is 9.59 Å². The molecule has 1 saturated carbocycles. The van der Waals surface area contributed by atoms with Gasteiger partial charge in [-0.25, -0.2) is 4.98 Å². The Hall–Kier alpha value is -2.11. The van der Waals surface area contributed by atoms with Crippen molar-refractivity contribution in [3.8, 4) is 0 Å². The van der Waals surface area contributed by atoms with Gasteiger partial charge in [0.1, 0.15) is 11.2 Å². The van der Waals surface area contributed by atoms with Crippen LogP contribution >= 0.6 is 0 Å². The number of carboxylic acids is 1. The lowest BCUT2D eigenvalue weighted by molar-refractivity contribution is -0.153. The third kappa shape index (κ3) is 2.11. The number of amides is 1. The van der Waals surface area contributed by atoms with Crippen LogP contribution in [0.5, 0.6) is 0 Å². The summed E-state index contributed by atoms with van der Waals surface area (Å²) in [7, 11) is 0. The fraction of sp³-hybridized carbons (Fsp3) is 0.500. The second-order valence-electron chi connectivity index (χ2n) is 5.35. The van der Waals surface area contributed by atoms with Crippen LogP contribution in [-0.4, -0.2) is 53.0 Å². The molecule has 0 spiro atoms. The fourth-order valence-electron chi connectivity index (χ4n) is 2.63. The van der Waals surface area contributed by atoms with Gasteiger partial charge in [-0.2, -0.15) is 0 Å². The van der Waals surface area contributed by atoms with Crippen molar-refractivity contribution < 1.29 is 14.7 Å². The van der Waals surface area contributed by atoms with Gasteiger partial charge in [0.15, 0.2) is 0 Å². The van der Waals surface area contributed by atoms with Gasteiger partial charge in [0.05, 0.1) is 0 Å². The number of aliphatic carboxylic acids is 1. The monoisotopic (exact) mass is 275 g/mol. The van der Waals surface area contributed by atoms with E-state index in [2.05, 4.69) is 9.88 Å². The van der Waals surface area contributed by atoms with Crippen LogP contribution in [0.1, 0.15) is 12.8 Å². The van der Waals surface area contributed by atoms with Crippen molar-refractivity contribution in [2.45, 2.75) is 12.8 Å². The van der Waals surface area contributed by atoms with Crippen LogP contribution in [0.2, 0.25) is 0 Å². The van der Waals surface area contributed by atoms with Gasteiger partial charge in [-0.1, -0.05) is 6.07 Å². The van der Waals surface area contributed by atoms with Gasteiger partial charge in [-0.3, -0.25) is 9.59 Å². The molecule has 2 fully saturated rings. The number of hydrogen-bond donors (Lipinski definition) is 1. The van der Waals surface area contributed by atoms with Crippen molar-refractivity contribution in [2.24, 2.45) is 5.41 Å². The predicted molar refractivity (Wildman–Crippen MR) is 72.3 cm³/mol. The van der Waals surface area contributed by atoms with E-state index in [0.717, 1.165) is 5.82 Å². The van der Waals surface area contributed by atoms with E-state index in [-0.39, 0.29) is 5.91 Å². The topological polar surface area (TPSA) is 73.7 Å². The highest BCUT2D eigenvalue weighted by molar-refractivity contribution is 6.04. The van der Waals surface area contributed by atoms with Crippen LogP contribution in [0.15, 0.2) is 24.4 Å². The summed E-state index contributed by atoms with van der Waals surface area (Å²) in [5.74, 6) is -0.292. The summed E-state index contributed by atoms with van der Waals surface area (Å²) in [6, 6.07) is 5.74. The average molecular weight is 275 g/mol. The van der Waals surface area contributed by atoms with Crippen molar-refractivity contribution in [3.05, 3.63) is 24.4 Å². The van der Waals surface area contributed by atoms with Crippen LogP contribution in [0, 0.1) is 5.41 Å². The number of carbonyl (C=O) groups is 2. The summed E-state index contributed by atoms with van der Waals surface area (Å²) in [6.45, 7) is 2.51. The zero-order chi connectivity index (χ0) is 14.2. The van der Waals surface area contributed by atoms with E-state index in [4.69, 9.17) is 5.11 Å². The highest BCUT2D eigenvalue weighted by Gasteiger charge is 2.58. The summed E-state index contributed by atoms with van der Waals surface area (Å²) in [4.78, 5) is 31.5. The van der Waals surface area contributed by atoms with E-state index in [9.17, 15) is 9.59 Å². The number of aromatic nitrogens is 1. The number of carbonyl (C=O) groups excluding carboxylic acids is 1. The number of anilines is 1. The van der Waals surface area contributed by atoms with Gasteiger partial charge in [-0.05, 0) is 25.0 Å². The minimum Gasteiger partial charge on any atom is -0.480 e. The lowest BCUT2D eigenvalue weighted by Crippen LogP contribution is -2.52. The van der Waals surface area contributed by atoms with Gasteiger partial charge in [0.2, 0.25) is 5.91 Å². The van der Waals surface area contributed by atoms with E-state index in [1.165, 1.54) is 0 Å². The second-order valence-corrected chi connectivity index (χ2v) is 5.35. The van der Waals surface area contributed by atoms with Crippen LogP contribution in [0.3, 0.4) is 0 Å². The molecule has 2 heterocycles. The number of piperazine rings is 1. The number of hydrogen-bond acceptors (Lipinski definition) is 4. The fourth-order valence-corrected chi connectivity index (χ4v) is 2.63. The first kappa shape index (κ1) is 12.9. The minimum absolute atomic E-state index is 0.217. The van der Waals surface area contributed by atoms with Crippen molar-refractivity contribution in [1.82, 2.24) is 9.88 Å². The molecule has 0 radical (unpaired) electrons. The Balaban J connectivity index is 1.62. The first-order valence-electron chi connectivity index (χ1n) is 6.82. The molecule has 106 valence electrons. The smallest absolute Gasteiger partial charge is 0.319 e. The van der Waals surface area contributed by atoms with E-state index in [1.807, 2.05) is 18.2 Å². The summed E-state index contributed by atoms with van der Waals surface area (Å²) in [6.07, 6.45) is 2.69. The Morgan fingerprint density at radius 3 is 2.35 bits per heavy atom. The third-order valence-electron chi connectivity index (χ3n) is 4.11. The molecule has 1 saturated heterocycles. The Kier molecular flexibility index (Phi) is 3.08. The molecule has 0 bridgehead atoms. The van der Waals surface area contributed by atoms with Crippen molar-refractivity contribution in [3.63, 3.8) is 0 Å². The van der Waals surface area contributed by atoms with E-state index in [1.54, 1.807) is 11.1 Å². The molecule has 1 aromatic rings. The molecule has 2 aliphatic rings. The van der Waals surface area contributed by atoms with Gasteiger partial charge >= 0.3 is 5.97 Å². The molecule has 1 N–H and O–H groups in total. The highest BCUT2D eigenvalue weighted by Crippen LogP contribution is 2.47. The molecule has 0 atom stereocenters.